The number of hydrogen-bond donors (Lipinski definition) is 3. The zero-order valence-corrected chi connectivity index (χ0v) is 14.4. The molecule has 25 heavy (non-hydrogen) atoms. The zero-order valence-electron chi connectivity index (χ0n) is 13.6. The third-order valence-electron chi connectivity index (χ3n) is 4.84. The van der Waals surface area contributed by atoms with Crippen LogP contribution in [0.25, 0.3) is 0 Å². The molecule has 11 nitrogen and oxygen atoms in total. The van der Waals surface area contributed by atoms with E-state index in [2.05, 4.69) is 9.60 Å². The largest absolute Gasteiger partial charge is 0.418 e. The summed E-state index contributed by atoms with van der Waals surface area (Å²) in [5, 5.41) is 14.5. The molecule has 3 heterocycles. The van der Waals surface area contributed by atoms with E-state index in [1.807, 2.05) is 0 Å². The van der Waals surface area contributed by atoms with Gasteiger partial charge in [0.25, 0.3) is 5.91 Å². The van der Waals surface area contributed by atoms with Crippen LogP contribution in [-0.2, 0) is 19.5 Å². The molecule has 142 valence electrons. The maximum atomic E-state index is 12.5. The molecule has 0 radical (unpaired) electrons. The van der Waals surface area contributed by atoms with Crippen molar-refractivity contribution in [2.24, 2.45) is 0 Å². The average Bonchev–Trinajstić information content (AvgIpc) is 2.79. The number of rotatable bonds is 5. The Bertz CT molecular complexity index is 636. The number of amides is 3. The Kier molecular flexibility index (Phi) is 5.16. The molecule has 3 rings (SSSR count). The topological polar surface area (TPSA) is 140 Å². The highest BCUT2D eigenvalue weighted by atomic mass is 32.3. The molecule has 0 unspecified atom stereocenters. The minimum absolute atomic E-state index is 0.00711. The molecule has 0 aromatic carbocycles. The Morgan fingerprint density at radius 3 is 2.72 bits per heavy atom. The van der Waals surface area contributed by atoms with Crippen molar-refractivity contribution in [2.75, 3.05) is 19.6 Å². The lowest BCUT2D eigenvalue weighted by molar-refractivity contribution is -0.172. The number of hydroxylamine groups is 4. The van der Waals surface area contributed by atoms with Gasteiger partial charge in [-0.15, -0.1) is 4.28 Å². The van der Waals surface area contributed by atoms with E-state index in [0.29, 0.717) is 16.5 Å². The molecule has 3 aliphatic rings. The van der Waals surface area contributed by atoms with Gasteiger partial charge in [0, 0.05) is 12.6 Å². The van der Waals surface area contributed by atoms with E-state index in [4.69, 9.17) is 4.55 Å². The summed E-state index contributed by atoms with van der Waals surface area (Å²) >= 11 is 0. The maximum Gasteiger partial charge on any atom is 0.418 e. The summed E-state index contributed by atoms with van der Waals surface area (Å²) in [4.78, 5) is 26.0. The van der Waals surface area contributed by atoms with Crippen LogP contribution < -0.4 is 5.32 Å². The Hall–Kier alpha value is -1.47. The molecule has 0 aliphatic carbocycles. The van der Waals surface area contributed by atoms with Gasteiger partial charge in [0.05, 0.1) is 12.6 Å². The minimum atomic E-state index is -4.83. The second-order valence-electron chi connectivity index (χ2n) is 6.58. The van der Waals surface area contributed by atoms with E-state index in [-0.39, 0.29) is 25.6 Å². The van der Waals surface area contributed by atoms with E-state index in [1.165, 1.54) is 4.90 Å². The van der Waals surface area contributed by atoms with Crippen molar-refractivity contribution in [3.63, 3.8) is 0 Å². The van der Waals surface area contributed by atoms with Crippen LogP contribution in [-0.4, -0.2) is 82.9 Å². The third-order valence-corrected chi connectivity index (χ3v) is 5.19. The first-order chi connectivity index (χ1) is 11.8. The van der Waals surface area contributed by atoms with E-state index < -0.39 is 34.4 Å². The van der Waals surface area contributed by atoms with Gasteiger partial charge < -0.3 is 10.2 Å². The van der Waals surface area contributed by atoms with E-state index in [1.54, 1.807) is 0 Å². The Morgan fingerprint density at radius 1 is 1.32 bits per heavy atom. The molecule has 3 aliphatic heterocycles. The standard InChI is InChI=1S/C13H22N4O7S/c18-12(16(20)7-9-3-1-2-6-14-9)11-5-4-10-8-15(11)13(19)17(10)24-25(21,22)23/h9-11,14,20H,1-8H2,(H,21,22,23)/t9-,10+,11-/m0/s1. The summed E-state index contributed by atoms with van der Waals surface area (Å²) in [5.41, 5.74) is 0. The number of nitrogens with one attached hydrogen (secondary N) is 1. The van der Waals surface area contributed by atoms with Crippen molar-refractivity contribution in [3.05, 3.63) is 0 Å². The SMILES string of the molecule is O=C([C@@H]1CC[C@@H]2CN1C(=O)N2OS(=O)(=O)O)N(O)C[C@@H]1CCCCN1. The van der Waals surface area contributed by atoms with E-state index >= 15 is 0 Å². The van der Waals surface area contributed by atoms with Gasteiger partial charge in [-0.3, -0.25) is 14.6 Å². The van der Waals surface area contributed by atoms with Crippen molar-refractivity contribution in [2.45, 2.75) is 50.2 Å². The second kappa shape index (κ2) is 7.03. The van der Waals surface area contributed by atoms with Crippen LogP contribution in [0, 0.1) is 0 Å². The number of urea groups is 1. The monoisotopic (exact) mass is 378 g/mol. The van der Waals surface area contributed by atoms with Gasteiger partial charge in [-0.2, -0.15) is 13.5 Å². The molecule has 12 heteroatoms. The lowest BCUT2D eigenvalue weighted by atomic mass is 9.99. The first kappa shape index (κ1) is 18.3. The van der Waals surface area contributed by atoms with Crippen molar-refractivity contribution in [3.8, 4) is 0 Å². The van der Waals surface area contributed by atoms with Gasteiger partial charge in [0.15, 0.2) is 0 Å². The molecule has 0 saturated carbocycles. The van der Waals surface area contributed by atoms with Crippen molar-refractivity contribution in [1.29, 1.82) is 0 Å². The molecule has 3 saturated heterocycles. The fourth-order valence-electron chi connectivity index (χ4n) is 3.64. The average molecular weight is 378 g/mol. The van der Waals surface area contributed by atoms with Gasteiger partial charge in [-0.1, -0.05) is 6.42 Å². The summed E-state index contributed by atoms with van der Waals surface area (Å²) in [6, 6.07) is -2.26. The molecule has 3 amide bonds. The van der Waals surface area contributed by atoms with Crippen LogP contribution in [0.1, 0.15) is 32.1 Å². The van der Waals surface area contributed by atoms with E-state index in [9.17, 15) is 23.2 Å². The van der Waals surface area contributed by atoms with Crippen molar-refractivity contribution in [1.82, 2.24) is 20.3 Å². The Labute approximate surface area is 145 Å². The number of fused-ring (bicyclic) bond motifs is 2. The fraction of sp³-hybridized carbons (Fsp3) is 0.846. The first-order valence-electron chi connectivity index (χ1n) is 8.27. The normalized spacial score (nSPS) is 29.8. The van der Waals surface area contributed by atoms with Crippen LogP contribution in [0.2, 0.25) is 0 Å². The quantitative estimate of drug-likeness (QED) is 0.326. The summed E-state index contributed by atoms with van der Waals surface area (Å²) in [6.07, 6.45) is 3.54. The Balaban J connectivity index is 1.63. The molecule has 3 N–H and O–H groups in total. The van der Waals surface area contributed by atoms with E-state index in [0.717, 1.165) is 25.8 Å². The van der Waals surface area contributed by atoms with Crippen LogP contribution in [0.5, 0.6) is 0 Å². The number of carbonyl (C=O) groups excluding carboxylic acids is 2. The molecular formula is C13H22N4O7S. The highest BCUT2D eigenvalue weighted by molar-refractivity contribution is 7.80. The van der Waals surface area contributed by atoms with Crippen LogP contribution in [0.15, 0.2) is 0 Å². The second-order valence-corrected chi connectivity index (χ2v) is 7.58. The predicted molar refractivity (Wildman–Crippen MR) is 82.5 cm³/mol. The number of piperidine rings is 2. The molecule has 3 fully saturated rings. The van der Waals surface area contributed by atoms with Crippen LogP contribution in [0.3, 0.4) is 0 Å². The van der Waals surface area contributed by atoms with Gasteiger partial charge >= 0.3 is 16.4 Å². The number of carbonyl (C=O) groups is 2. The van der Waals surface area contributed by atoms with Crippen molar-refractivity contribution >= 4 is 22.3 Å². The molecule has 3 atom stereocenters. The molecule has 2 bridgehead atoms. The highest BCUT2D eigenvalue weighted by Crippen LogP contribution is 2.31. The lowest BCUT2D eigenvalue weighted by Gasteiger charge is -2.33. The van der Waals surface area contributed by atoms with Gasteiger partial charge in [0.1, 0.15) is 6.04 Å². The third kappa shape index (κ3) is 4.03. The summed E-state index contributed by atoms with van der Waals surface area (Å²) in [6.45, 7) is 1.07. The summed E-state index contributed by atoms with van der Waals surface area (Å²) in [5.74, 6) is -0.604. The summed E-state index contributed by atoms with van der Waals surface area (Å²) in [7, 11) is -4.83. The smallest absolute Gasteiger partial charge is 0.312 e. The first-order valence-corrected chi connectivity index (χ1v) is 9.63. The molecule has 0 aromatic heterocycles. The lowest BCUT2D eigenvalue weighted by Crippen LogP contribution is -2.53. The van der Waals surface area contributed by atoms with Crippen LogP contribution in [0.4, 0.5) is 4.79 Å². The summed E-state index contributed by atoms with van der Waals surface area (Å²) < 4.78 is 34.8. The van der Waals surface area contributed by atoms with Crippen LogP contribution >= 0.6 is 0 Å². The van der Waals surface area contributed by atoms with Gasteiger partial charge in [0.2, 0.25) is 0 Å². The van der Waals surface area contributed by atoms with Gasteiger partial charge in [-0.05, 0) is 32.2 Å². The van der Waals surface area contributed by atoms with Gasteiger partial charge in [-0.25, -0.2) is 9.86 Å². The molecule has 0 spiro atoms. The van der Waals surface area contributed by atoms with Crippen molar-refractivity contribution < 1.29 is 32.1 Å². The minimum Gasteiger partial charge on any atom is -0.312 e. The Morgan fingerprint density at radius 2 is 2.08 bits per heavy atom. The molecule has 0 aromatic rings. The maximum absolute atomic E-state index is 12.5. The number of hydrogen-bond acceptors (Lipinski definition) is 7. The molecular weight excluding hydrogens is 356 g/mol. The zero-order chi connectivity index (χ0) is 18.2. The predicted octanol–water partition coefficient (Wildman–Crippen LogP) is -0.651. The number of nitrogens with zero attached hydrogens (tertiary/aromatic N) is 3. The highest BCUT2D eigenvalue weighted by Gasteiger charge is 2.50. The fourth-order valence-corrected chi connectivity index (χ4v) is 4.03.